The highest BCUT2D eigenvalue weighted by Gasteiger charge is 2.46. The number of rotatable bonds is 1. The number of hydrogen-bond acceptors (Lipinski definition) is 4. The topological polar surface area (TPSA) is 66.8 Å². The molecule has 0 aromatic heterocycles. The number of allylic oxidation sites excluding steroid dienone is 1. The van der Waals surface area contributed by atoms with Crippen molar-refractivity contribution < 1.29 is 19.4 Å². The van der Waals surface area contributed by atoms with Gasteiger partial charge < -0.3 is 9.84 Å². The van der Waals surface area contributed by atoms with E-state index in [-0.39, 0.29) is 23.1 Å². The van der Waals surface area contributed by atoms with Crippen LogP contribution in [-0.4, -0.2) is 39.5 Å². The molecule has 2 aliphatic rings. The van der Waals surface area contributed by atoms with Crippen molar-refractivity contribution in [2.75, 3.05) is 0 Å². The van der Waals surface area contributed by atoms with Crippen LogP contribution in [0, 0.1) is 5.92 Å². The lowest BCUT2D eigenvalue weighted by Gasteiger charge is -2.37. The van der Waals surface area contributed by atoms with Crippen LogP contribution < -0.4 is 0 Å². The Bertz CT molecular complexity index is 444. The van der Waals surface area contributed by atoms with Crippen LogP contribution in [0.5, 0.6) is 0 Å². The lowest BCUT2D eigenvalue weighted by molar-refractivity contribution is -0.126. The van der Waals surface area contributed by atoms with Gasteiger partial charge in [0.25, 0.3) is 5.91 Å². The number of cyclic esters (lactones) is 1. The van der Waals surface area contributed by atoms with Gasteiger partial charge in [0.2, 0.25) is 0 Å². The second kappa shape index (κ2) is 5.13. The van der Waals surface area contributed by atoms with Gasteiger partial charge in [0.1, 0.15) is 0 Å². The lowest BCUT2D eigenvalue weighted by Crippen LogP contribution is -2.50. The van der Waals surface area contributed by atoms with E-state index in [1.54, 1.807) is 13.8 Å². The first kappa shape index (κ1) is 14.3. The predicted octanol–water partition coefficient (Wildman–Crippen LogP) is 2.03. The average Bonchev–Trinajstić information content (AvgIpc) is 2.60. The minimum absolute atomic E-state index is 0.0407. The molecule has 0 aromatic carbocycles. The van der Waals surface area contributed by atoms with Gasteiger partial charge in [0, 0.05) is 6.04 Å². The third kappa shape index (κ3) is 2.49. The first-order chi connectivity index (χ1) is 8.82. The molecule has 4 unspecified atom stereocenters. The third-order valence-corrected chi connectivity index (χ3v) is 4.21. The van der Waals surface area contributed by atoms with Crippen LogP contribution in [0.25, 0.3) is 0 Å². The minimum Gasteiger partial charge on any atom is -0.404 e. The van der Waals surface area contributed by atoms with E-state index in [0.717, 1.165) is 4.90 Å². The van der Waals surface area contributed by atoms with Crippen molar-refractivity contribution in [1.82, 2.24) is 4.90 Å². The molecule has 2 amide bonds. The highest BCUT2D eigenvalue weighted by atomic mass is 35.5. The molecule has 106 valence electrons. The summed E-state index contributed by atoms with van der Waals surface area (Å²) < 4.78 is 5.01. The zero-order valence-corrected chi connectivity index (χ0v) is 12.0. The number of aliphatic hydroxyl groups excluding tert-OH is 1. The smallest absolute Gasteiger partial charge is 0.404 e. The van der Waals surface area contributed by atoms with Crippen molar-refractivity contribution in [2.45, 2.75) is 51.1 Å². The highest BCUT2D eigenvalue weighted by Crippen LogP contribution is 2.35. The van der Waals surface area contributed by atoms with Gasteiger partial charge in [-0.25, -0.2) is 9.69 Å². The summed E-state index contributed by atoms with van der Waals surface area (Å²) in [7, 11) is 0. The molecule has 19 heavy (non-hydrogen) atoms. The van der Waals surface area contributed by atoms with Gasteiger partial charge in [-0.2, -0.15) is 0 Å². The monoisotopic (exact) mass is 287 g/mol. The molecule has 1 saturated carbocycles. The predicted molar refractivity (Wildman–Crippen MR) is 69.5 cm³/mol. The van der Waals surface area contributed by atoms with Crippen LogP contribution in [0.2, 0.25) is 0 Å². The zero-order chi connectivity index (χ0) is 14.3. The number of carbonyl (C=O) groups is 2. The highest BCUT2D eigenvalue weighted by molar-refractivity contribution is 6.21. The van der Waals surface area contributed by atoms with Gasteiger partial charge in [0.05, 0.1) is 11.5 Å². The van der Waals surface area contributed by atoms with Gasteiger partial charge in [-0.05, 0) is 38.2 Å². The van der Waals surface area contributed by atoms with Crippen LogP contribution in [0.3, 0.4) is 0 Å². The van der Waals surface area contributed by atoms with E-state index in [1.165, 1.54) is 0 Å². The molecule has 0 bridgehead atoms. The van der Waals surface area contributed by atoms with Crippen molar-refractivity contribution >= 4 is 23.6 Å². The van der Waals surface area contributed by atoms with Gasteiger partial charge in [-0.15, -0.1) is 11.6 Å². The Labute approximate surface area is 117 Å². The van der Waals surface area contributed by atoms with E-state index in [9.17, 15) is 14.7 Å². The Morgan fingerprint density at radius 2 is 2.00 bits per heavy atom. The second-order valence-electron chi connectivity index (χ2n) is 5.47. The molecule has 6 heteroatoms. The molecule has 1 saturated heterocycles. The summed E-state index contributed by atoms with van der Waals surface area (Å²) in [6.45, 7) is 5.36. The molecule has 2 fully saturated rings. The zero-order valence-electron chi connectivity index (χ0n) is 11.2. The van der Waals surface area contributed by atoms with E-state index in [0.29, 0.717) is 18.4 Å². The van der Waals surface area contributed by atoms with Crippen LogP contribution >= 0.6 is 11.6 Å². The first-order valence-electron chi connectivity index (χ1n) is 6.38. The number of aliphatic hydroxyl groups is 1. The summed E-state index contributed by atoms with van der Waals surface area (Å²) in [5.74, 6) is -0.277. The summed E-state index contributed by atoms with van der Waals surface area (Å²) in [5.41, 5.74) is 0.667. The van der Waals surface area contributed by atoms with Crippen molar-refractivity contribution in [3.05, 3.63) is 11.3 Å². The van der Waals surface area contributed by atoms with Crippen molar-refractivity contribution in [3.8, 4) is 0 Å². The number of alkyl halides is 1. The number of halogens is 1. The van der Waals surface area contributed by atoms with Crippen molar-refractivity contribution in [3.63, 3.8) is 0 Å². The normalized spacial score (nSPS) is 35.6. The third-order valence-electron chi connectivity index (χ3n) is 3.74. The van der Waals surface area contributed by atoms with E-state index in [1.807, 2.05) is 6.92 Å². The largest absolute Gasteiger partial charge is 0.422 e. The van der Waals surface area contributed by atoms with Crippen LogP contribution in [0.1, 0.15) is 33.6 Å². The molecule has 0 aromatic rings. The summed E-state index contributed by atoms with van der Waals surface area (Å²) in [6, 6.07) is -0.359. The Hall–Kier alpha value is -1.07. The molecular weight excluding hydrogens is 270 g/mol. The maximum atomic E-state index is 12.2. The maximum Gasteiger partial charge on any atom is 0.422 e. The SMILES string of the molecule is CC(C)=C1OC(=O)N(C2CC(O)C(Cl)CC2C)C1=O. The number of hydrogen-bond donors (Lipinski definition) is 1. The van der Waals surface area contributed by atoms with Crippen LogP contribution in [0.15, 0.2) is 11.3 Å². The fraction of sp³-hybridized carbons (Fsp3) is 0.692. The van der Waals surface area contributed by atoms with Crippen molar-refractivity contribution in [2.24, 2.45) is 5.92 Å². The second-order valence-corrected chi connectivity index (χ2v) is 6.03. The number of imide groups is 1. The van der Waals surface area contributed by atoms with Crippen molar-refractivity contribution in [1.29, 1.82) is 0 Å². The minimum atomic E-state index is -0.709. The fourth-order valence-electron chi connectivity index (χ4n) is 2.63. The molecule has 5 nitrogen and oxygen atoms in total. The molecule has 1 heterocycles. The summed E-state index contributed by atoms with van der Waals surface area (Å²) in [4.78, 5) is 25.2. The number of nitrogens with zero attached hydrogens (tertiary/aromatic N) is 1. The first-order valence-corrected chi connectivity index (χ1v) is 6.81. The van der Waals surface area contributed by atoms with Gasteiger partial charge in [-0.1, -0.05) is 6.92 Å². The fourth-order valence-corrected chi connectivity index (χ4v) is 3.01. The van der Waals surface area contributed by atoms with E-state index in [2.05, 4.69) is 0 Å². The molecule has 1 N–H and O–H groups in total. The Kier molecular flexibility index (Phi) is 3.87. The lowest BCUT2D eigenvalue weighted by atomic mass is 9.83. The Morgan fingerprint density at radius 1 is 1.37 bits per heavy atom. The standard InChI is InChI=1S/C13H18ClNO4/c1-6(2)11-12(17)15(13(18)19-11)9-5-10(16)8(14)4-7(9)3/h7-10,16H,4-5H2,1-3H3. The average molecular weight is 288 g/mol. The van der Waals surface area contributed by atoms with Crippen LogP contribution in [0.4, 0.5) is 4.79 Å². The Balaban J connectivity index is 2.25. The van der Waals surface area contributed by atoms with E-state index in [4.69, 9.17) is 16.3 Å². The van der Waals surface area contributed by atoms with Gasteiger partial charge >= 0.3 is 6.09 Å². The summed E-state index contributed by atoms with van der Waals surface area (Å²) in [5, 5.41) is 9.51. The van der Waals surface area contributed by atoms with E-state index >= 15 is 0 Å². The maximum absolute atomic E-state index is 12.2. The molecular formula is C13H18ClNO4. The number of amides is 2. The van der Waals surface area contributed by atoms with Crippen LogP contribution in [-0.2, 0) is 9.53 Å². The Morgan fingerprint density at radius 3 is 2.53 bits per heavy atom. The van der Waals surface area contributed by atoms with E-state index < -0.39 is 18.1 Å². The summed E-state index contributed by atoms with van der Waals surface area (Å²) in [6.07, 6.45) is -0.502. The molecule has 4 atom stereocenters. The molecule has 1 aliphatic heterocycles. The molecule has 2 rings (SSSR count). The quantitative estimate of drug-likeness (QED) is 0.592. The van der Waals surface area contributed by atoms with Gasteiger partial charge in [-0.3, -0.25) is 4.79 Å². The number of carbonyl (C=O) groups excluding carboxylic acids is 2. The molecule has 0 radical (unpaired) electrons. The number of ether oxygens (including phenoxy) is 1. The molecule has 0 spiro atoms. The summed E-state index contributed by atoms with van der Waals surface area (Å²) >= 11 is 6.01. The molecule has 1 aliphatic carbocycles. The van der Waals surface area contributed by atoms with Gasteiger partial charge in [0.15, 0.2) is 5.76 Å².